The standard InChI is InChI=1S/C16H12ClFN2O2/c1-10(22-13-5-2-11(9-19)3-6-13)16(21)20-15-7-4-12(17)8-14(15)18/h2-8,10H,1H3,(H,20,21)/t10-/m1/s1. The first-order valence-corrected chi connectivity index (χ1v) is 6.80. The van der Waals surface area contributed by atoms with Crippen LogP contribution in [0.1, 0.15) is 12.5 Å². The van der Waals surface area contributed by atoms with Crippen molar-refractivity contribution in [1.29, 1.82) is 5.26 Å². The Morgan fingerprint density at radius 1 is 1.32 bits per heavy atom. The summed E-state index contributed by atoms with van der Waals surface area (Å²) in [6.45, 7) is 1.54. The normalized spacial score (nSPS) is 11.4. The first-order chi connectivity index (χ1) is 10.5. The summed E-state index contributed by atoms with van der Waals surface area (Å²) in [5.74, 6) is -0.671. The number of hydrogen-bond donors (Lipinski definition) is 1. The molecule has 0 fully saturated rings. The van der Waals surface area contributed by atoms with Gasteiger partial charge in [0.1, 0.15) is 11.6 Å². The Labute approximate surface area is 132 Å². The summed E-state index contributed by atoms with van der Waals surface area (Å²) in [5.41, 5.74) is 0.525. The molecule has 1 amide bonds. The Morgan fingerprint density at radius 2 is 2.00 bits per heavy atom. The number of nitriles is 1. The van der Waals surface area contributed by atoms with Gasteiger partial charge in [-0.3, -0.25) is 4.79 Å². The van der Waals surface area contributed by atoms with Crippen molar-refractivity contribution in [3.05, 3.63) is 58.9 Å². The van der Waals surface area contributed by atoms with Crippen molar-refractivity contribution < 1.29 is 13.9 Å². The topological polar surface area (TPSA) is 62.1 Å². The van der Waals surface area contributed by atoms with Crippen molar-refractivity contribution >= 4 is 23.2 Å². The fraction of sp³-hybridized carbons (Fsp3) is 0.125. The Bertz CT molecular complexity index is 726. The van der Waals surface area contributed by atoms with Crippen molar-refractivity contribution in [2.24, 2.45) is 0 Å². The second kappa shape index (κ2) is 6.92. The van der Waals surface area contributed by atoms with E-state index in [-0.39, 0.29) is 10.7 Å². The van der Waals surface area contributed by atoms with E-state index >= 15 is 0 Å². The van der Waals surface area contributed by atoms with Crippen LogP contribution in [-0.4, -0.2) is 12.0 Å². The van der Waals surface area contributed by atoms with E-state index in [0.717, 1.165) is 6.07 Å². The zero-order valence-electron chi connectivity index (χ0n) is 11.6. The number of halogens is 2. The van der Waals surface area contributed by atoms with Crippen molar-refractivity contribution in [3.63, 3.8) is 0 Å². The van der Waals surface area contributed by atoms with Crippen LogP contribution in [0.25, 0.3) is 0 Å². The van der Waals surface area contributed by atoms with Gasteiger partial charge in [-0.15, -0.1) is 0 Å². The highest BCUT2D eigenvalue weighted by molar-refractivity contribution is 6.30. The van der Waals surface area contributed by atoms with E-state index in [4.69, 9.17) is 21.6 Å². The third kappa shape index (κ3) is 3.96. The molecule has 0 saturated heterocycles. The van der Waals surface area contributed by atoms with Crippen molar-refractivity contribution in [2.75, 3.05) is 5.32 Å². The van der Waals surface area contributed by atoms with Gasteiger partial charge < -0.3 is 10.1 Å². The summed E-state index contributed by atoms with van der Waals surface area (Å²) in [5, 5.41) is 11.4. The number of carbonyl (C=O) groups is 1. The third-order valence-electron chi connectivity index (χ3n) is 2.85. The zero-order chi connectivity index (χ0) is 16.1. The minimum atomic E-state index is -0.831. The molecule has 0 saturated carbocycles. The molecule has 0 aromatic heterocycles. The Hall–Kier alpha value is -2.58. The second-order valence-corrected chi connectivity index (χ2v) is 4.95. The first kappa shape index (κ1) is 15.8. The highest BCUT2D eigenvalue weighted by Crippen LogP contribution is 2.20. The minimum absolute atomic E-state index is 0.0321. The number of hydrogen-bond acceptors (Lipinski definition) is 3. The van der Waals surface area contributed by atoms with Crippen LogP contribution in [-0.2, 0) is 4.79 Å². The SMILES string of the molecule is C[C@@H](Oc1ccc(C#N)cc1)C(=O)Nc1ccc(Cl)cc1F. The number of ether oxygens (including phenoxy) is 1. The van der Waals surface area contributed by atoms with Gasteiger partial charge in [-0.25, -0.2) is 4.39 Å². The fourth-order valence-electron chi connectivity index (χ4n) is 1.69. The Morgan fingerprint density at radius 3 is 2.59 bits per heavy atom. The Kier molecular flexibility index (Phi) is 4.97. The van der Waals surface area contributed by atoms with Crippen LogP contribution >= 0.6 is 11.6 Å². The molecule has 22 heavy (non-hydrogen) atoms. The molecule has 2 rings (SSSR count). The number of nitrogens with zero attached hydrogens (tertiary/aromatic N) is 1. The second-order valence-electron chi connectivity index (χ2n) is 4.51. The van der Waals surface area contributed by atoms with E-state index < -0.39 is 17.8 Å². The molecule has 2 aromatic rings. The summed E-state index contributed by atoms with van der Waals surface area (Å²) < 4.78 is 19.1. The average Bonchev–Trinajstić information content (AvgIpc) is 2.50. The van der Waals surface area contributed by atoms with E-state index in [1.807, 2.05) is 6.07 Å². The molecule has 1 N–H and O–H groups in total. The predicted octanol–water partition coefficient (Wildman–Crippen LogP) is 3.76. The smallest absolute Gasteiger partial charge is 0.265 e. The number of rotatable bonds is 4. The molecule has 0 bridgehead atoms. The molecule has 112 valence electrons. The maximum Gasteiger partial charge on any atom is 0.265 e. The third-order valence-corrected chi connectivity index (χ3v) is 3.09. The molecule has 0 spiro atoms. The summed E-state index contributed by atoms with van der Waals surface area (Å²) >= 11 is 5.65. The number of anilines is 1. The van der Waals surface area contributed by atoms with Crippen molar-refractivity contribution in [2.45, 2.75) is 13.0 Å². The van der Waals surface area contributed by atoms with E-state index in [0.29, 0.717) is 11.3 Å². The van der Waals surface area contributed by atoms with Gasteiger partial charge >= 0.3 is 0 Å². The molecular weight excluding hydrogens is 307 g/mol. The van der Waals surface area contributed by atoms with Crippen LogP contribution in [0.15, 0.2) is 42.5 Å². The highest BCUT2D eigenvalue weighted by Gasteiger charge is 2.16. The maximum atomic E-state index is 13.6. The van der Waals surface area contributed by atoms with Gasteiger partial charge in [0.05, 0.1) is 17.3 Å². The highest BCUT2D eigenvalue weighted by atomic mass is 35.5. The van der Waals surface area contributed by atoms with E-state index in [2.05, 4.69) is 5.32 Å². The lowest BCUT2D eigenvalue weighted by Gasteiger charge is -2.15. The average molecular weight is 319 g/mol. The largest absolute Gasteiger partial charge is 0.481 e. The first-order valence-electron chi connectivity index (χ1n) is 6.42. The van der Waals surface area contributed by atoms with Crippen LogP contribution in [0.4, 0.5) is 10.1 Å². The molecule has 2 aromatic carbocycles. The van der Waals surface area contributed by atoms with Gasteiger partial charge in [0, 0.05) is 5.02 Å². The molecule has 0 aliphatic carbocycles. The van der Waals surface area contributed by atoms with Gasteiger partial charge in [0.25, 0.3) is 5.91 Å². The summed E-state index contributed by atoms with van der Waals surface area (Å²) in [7, 11) is 0. The molecular formula is C16H12ClFN2O2. The number of nitrogens with one attached hydrogen (secondary N) is 1. The number of amides is 1. The van der Waals surface area contributed by atoms with E-state index in [1.54, 1.807) is 31.2 Å². The summed E-state index contributed by atoms with van der Waals surface area (Å²) in [6, 6.07) is 12.3. The van der Waals surface area contributed by atoms with Crippen LogP contribution < -0.4 is 10.1 Å². The van der Waals surface area contributed by atoms with Crippen LogP contribution in [0, 0.1) is 17.1 Å². The van der Waals surface area contributed by atoms with Crippen LogP contribution in [0.3, 0.4) is 0 Å². The van der Waals surface area contributed by atoms with E-state index in [9.17, 15) is 9.18 Å². The lowest BCUT2D eigenvalue weighted by atomic mass is 10.2. The fourth-order valence-corrected chi connectivity index (χ4v) is 1.85. The number of benzene rings is 2. The molecule has 0 heterocycles. The van der Waals surface area contributed by atoms with Gasteiger partial charge in [0.2, 0.25) is 0 Å². The Balaban J connectivity index is 2.01. The molecule has 0 unspecified atom stereocenters. The summed E-state index contributed by atoms with van der Waals surface area (Å²) in [6.07, 6.45) is -0.831. The monoisotopic (exact) mass is 318 g/mol. The quantitative estimate of drug-likeness (QED) is 0.933. The van der Waals surface area contributed by atoms with E-state index in [1.165, 1.54) is 12.1 Å². The lowest BCUT2D eigenvalue weighted by molar-refractivity contribution is -0.122. The number of carbonyl (C=O) groups excluding carboxylic acids is 1. The van der Waals surface area contributed by atoms with Gasteiger partial charge in [-0.2, -0.15) is 5.26 Å². The van der Waals surface area contributed by atoms with Gasteiger partial charge in [-0.05, 0) is 49.4 Å². The zero-order valence-corrected chi connectivity index (χ0v) is 12.4. The molecule has 1 atom stereocenters. The van der Waals surface area contributed by atoms with Crippen LogP contribution in [0.5, 0.6) is 5.75 Å². The van der Waals surface area contributed by atoms with Gasteiger partial charge in [-0.1, -0.05) is 11.6 Å². The lowest BCUT2D eigenvalue weighted by Crippen LogP contribution is -2.30. The summed E-state index contributed by atoms with van der Waals surface area (Å²) in [4.78, 5) is 12.0. The molecule has 0 radical (unpaired) electrons. The molecule has 0 aliphatic rings. The van der Waals surface area contributed by atoms with Gasteiger partial charge in [0.15, 0.2) is 6.10 Å². The van der Waals surface area contributed by atoms with Crippen molar-refractivity contribution in [3.8, 4) is 11.8 Å². The van der Waals surface area contributed by atoms with Crippen LogP contribution in [0.2, 0.25) is 5.02 Å². The predicted molar refractivity (Wildman–Crippen MR) is 81.3 cm³/mol. The molecule has 6 heteroatoms. The maximum absolute atomic E-state index is 13.6. The van der Waals surface area contributed by atoms with Crippen molar-refractivity contribution in [1.82, 2.24) is 0 Å². The molecule has 4 nitrogen and oxygen atoms in total. The minimum Gasteiger partial charge on any atom is -0.481 e. The molecule has 0 aliphatic heterocycles.